The zero-order valence-corrected chi connectivity index (χ0v) is 7.47. The smallest absolute Gasteiger partial charge is 0.313 e. The van der Waals surface area contributed by atoms with E-state index in [4.69, 9.17) is 9.84 Å². The summed E-state index contributed by atoms with van der Waals surface area (Å²) in [6, 6.07) is 6.41. The van der Waals surface area contributed by atoms with Gasteiger partial charge in [-0.15, -0.1) is 0 Å². The van der Waals surface area contributed by atoms with Crippen molar-refractivity contribution in [3.05, 3.63) is 29.8 Å². The first-order valence-corrected chi connectivity index (χ1v) is 4.13. The Morgan fingerprint density at radius 2 is 2.14 bits per heavy atom. The minimum atomic E-state index is -0.554. The number of ether oxygens (including phenoxy) is 1. The van der Waals surface area contributed by atoms with E-state index in [1.54, 1.807) is 18.2 Å². The summed E-state index contributed by atoms with van der Waals surface area (Å²) in [4.78, 5) is 21.5. The van der Waals surface area contributed by atoms with Gasteiger partial charge in [-0.3, -0.25) is 9.59 Å². The van der Waals surface area contributed by atoms with Crippen molar-refractivity contribution in [1.82, 2.24) is 0 Å². The number of esters is 1. The molecule has 0 saturated carbocycles. The first-order chi connectivity index (χ1) is 6.77. The molecule has 1 aromatic rings. The lowest BCUT2D eigenvalue weighted by Crippen LogP contribution is -2.10. The maximum absolute atomic E-state index is 11.0. The zero-order chi connectivity index (χ0) is 10.4. The maximum Gasteiger partial charge on any atom is 0.313 e. The fraction of sp³-hybridized carbons (Fsp3) is 0.200. The maximum atomic E-state index is 11.0. The number of hydrogen-bond donors (Lipinski definition) is 1. The lowest BCUT2D eigenvalue weighted by molar-refractivity contribution is -0.135. The van der Waals surface area contributed by atoms with Gasteiger partial charge in [-0.25, -0.2) is 0 Å². The second-order valence-electron chi connectivity index (χ2n) is 2.60. The molecule has 0 unspecified atom stereocenters. The monoisotopic (exact) mass is 194 g/mol. The van der Waals surface area contributed by atoms with Gasteiger partial charge in [0.2, 0.25) is 0 Å². The highest BCUT2D eigenvalue weighted by Crippen LogP contribution is 2.15. The van der Waals surface area contributed by atoms with E-state index in [0.29, 0.717) is 11.8 Å². The Hall–Kier alpha value is -1.68. The van der Waals surface area contributed by atoms with E-state index in [-0.39, 0.29) is 18.8 Å². The number of rotatable bonds is 4. The fourth-order valence-electron chi connectivity index (χ4n) is 0.936. The van der Waals surface area contributed by atoms with Crippen molar-refractivity contribution in [3.63, 3.8) is 0 Å². The van der Waals surface area contributed by atoms with Crippen LogP contribution in [0.2, 0.25) is 0 Å². The largest absolute Gasteiger partial charge is 0.426 e. The van der Waals surface area contributed by atoms with Crippen LogP contribution in [0.4, 0.5) is 0 Å². The summed E-state index contributed by atoms with van der Waals surface area (Å²) in [6.07, 6.45) is 0.536. The quantitative estimate of drug-likeness (QED) is 0.437. The molecule has 0 aromatic heterocycles. The molecule has 0 heterocycles. The Balaban J connectivity index is 2.75. The topological polar surface area (TPSA) is 63.6 Å². The summed E-state index contributed by atoms with van der Waals surface area (Å²) < 4.78 is 4.85. The first kappa shape index (κ1) is 10.4. The lowest BCUT2D eigenvalue weighted by Gasteiger charge is -2.04. The summed E-state index contributed by atoms with van der Waals surface area (Å²) in [6.45, 7) is -0.262. The molecule has 0 aliphatic rings. The molecule has 0 bridgehead atoms. The average Bonchev–Trinajstić information content (AvgIpc) is 2.19. The number of carbonyl (C=O) groups excluding carboxylic acids is 2. The molecule has 0 atom stereocenters. The molecule has 0 radical (unpaired) electrons. The summed E-state index contributed by atoms with van der Waals surface area (Å²) in [7, 11) is 0. The number of hydrogen-bond acceptors (Lipinski definition) is 4. The molecule has 0 fully saturated rings. The number of aliphatic hydroxyl groups excluding tert-OH is 1. The Labute approximate surface area is 81.1 Å². The van der Waals surface area contributed by atoms with E-state index >= 15 is 0 Å². The van der Waals surface area contributed by atoms with Crippen LogP contribution in [0.25, 0.3) is 0 Å². The second-order valence-corrected chi connectivity index (χ2v) is 2.60. The van der Waals surface area contributed by atoms with Gasteiger partial charge in [0.1, 0.15) is 5.75 Å². The van der Waals surface area contributed by atoms with Crippen molar-refractivity contribution in [2.75, 3.05) is 6.61 Å². The van der Waals surface area contributed by atoms with Crippen molar-refractivity contribution in [3.8, 4) is 5.75 Å². The SMILES string of the molecule is O=Cc1ccccc1OC(=O)CCO. The summed E-state index contributed by atoms with van der Waals surface area (Å²) in [5.74, 6) is -0.331. The third kappa shape index (κ3) is 2.67. The summed E-state index contributed by atoms with van der Waals surface area (Å²) in [5, 5.41) is 8.47. The van der Waals surface area contributed by atoms with Crippen LogP contribution >= 0.6 is 0 Å². The van der Waals surface area contributed by atoms with Crippen LogP contribution in [-0.2, 0) is 4.79 Å². The van der Waals surface area contributed by atoms with Gasteiger partial charge in [-0.05, 0) is 12.1 Å². The minimum Gasteiger partial charge on any atom is -0.426 e. The summed E-state index contributed by atoms with van der Waals surface area (Å²) >= 11 is 0. The minimum absolute atomic E-state index is 0.0762. The highest BCUT2D eigenvalue weighted by molar-refractivity contribution is 5.82. The van der Waals surface area contributed by atoms with Gasteiger partial charge in [0, 0.05) is 0 Å². The Morgan fingerprint density at radius 1 is 1.43 bits per heavy atom. The van der Waals surface area contributed by atoms with Crippen molar-refractivity contribution in [1.29, 1.82) is 0 Å². The van der Waals surface area contributed by atoms with E-state index < -0.39 is 5.97 Å². The third-order valence-corrected chi connectivity index (χ3v) is 1.59. The molecule has 1 rings (SSSR count). The molecular formula is C10H10O4. The highest BCUT2D eigenvalue weighted by Gasteiger charge is 2.07. The van der Waals surface area contributed by atoms with Crippen LogP contribution in [0.15, 0.2) is 24.3 Å². The normalized spacial score (nSPS) is 9.50. The number of aldehydes is 1. The predicted octanol–water partition coefficient (Wildman–Crippen LogP) is 0.787. The molecule has 0 saturated heterocycles. The van der Waals surface area contributed by atoms with Crippen LogP contribution in [0, 0.1) is 0 Å². The van der Waals surface area contributed by atoms with E-state index in [1.807, 2.05) is 0 Å². The van der Waals surface area contributed by atoms with E-state index in [2.05, 4.69) is 0 Å². The standard InChI is InChI=1S/C10H10O4/c11-6-5-10(13)14-9-4-2-1-3-8(9)7-12/h1-4,7,11H,5-6H2. The van der Waals surface area contributed by atoms with E-state index in [1.165, 1.54) is 6.07 Å². The molecule has 0 spiro atoms. The number of benzene rings is 1. The molecule has 1 aromatic carbocycles. The van der Waals surface area contributed by atoms with E-state index in [9.17, 15) is 9.59 Å². The Bertz CT molecular complexity index is 333. The van der Waals surface area contributed by atoms with Crippen LogP contribution in [0.1, 0.15) is 16.8 Å². The molecule has 74 valence electrons. The second kappa shape index (κ2) is 5.14. The average molecular weight is 194 g/mol. The van der Waals surface area contributed by atoms with Crippen molar-refractivity contribution in [2.45, 2.75) is 6.42 Å². The molecule has 4 nitrogen and oxygen atoms in total. The van der Waals surface area contributed by atoms with Gasteiger partial charge in [-0.2, -0.15) is 0 Å². The van der Waals surface area contributed by atoms with Crippen LogP contribution < -0.4 is 4.74 Å². The van der Waals surface area contributed by atoms with Gasteiger partial charge in [-0.1, -0.05) is 12.1 Å². The number of aliphatic hydroxyl groups is 1. The molecule has 0 amide bonds. The molecule has 1 N–H and O–H groups in total. The van der Waals surface area contributed by atoms with Crippen LogP contribution in [0.5, 0.6) is 5.75 Å². The first-order valence-electron chi connectivity index (χ1n) is 4.13. The van der Waals surface area contributed by atoms with Gasteiger partial charge < -0.3 is 9.84 Å². The molecule has 14 heavy (non-hydrogen) atoms. The zero-order valence-electron chi connectivity index (χ0n) is 7.47. The summed E-state index contributed by atoms with van der Waals surface area (Å²) in [5.41, 5.74) is 0.318. The molecule has 0 aliphatic heterocycles. The van der Waals surface area contributed by atoms with Crippen LogP contribution in [-0.4, -0.2) is 24.0 Å². The molecule has 4 heteroatoms. The molecule has 0 aliphatic carbocycles. The van der Waals surface area contributed by atoms with Gasteiger partial charge in [0.25, 0.3) is 0 Å². The Morgan fingerprint density at radius 3 is 2.79 bits per heavy atom. The number of carbonyl (C=O) groups is 2. The van der Waals surface area contributed by atoms with Crippen molar-refractivity contribution in [2.24, 2.45) is 0 Å². The predicted molar refractivity (Wildman–Crippen MR) is 49.2 cm³/mol. The van der Waals surface area contributed by atoms with Crippen molar-refractivity contribution >= 4 is 12.3 Å². The van der Waals surface area contributed by atoms with Gasteiger partial charge in [0.05, 0.1) is 18.6 Å². The highest BCUT2D eigenvalue weighted by atomic mass is 16.5. The van der Waals surface area contributed by atoms with Gasteiger partial charge >= 0.3 is 5.97 Å². The molecular weight excluding hydrogens is 184 g/mol. The Kier molecular flexibility index (Phi) is 3.82. The number of para-hydroxylation sites is 1. The van der Waals surface area contributed by atoms with E-state index in [0.717, 1.165) is 0 Å². The lowest BCUT2D eigenvalue weighted by atomic mass is 10.2. The fourth-order valence-corrected chi connectivity index (χ4v) is 0.936. The van der Waals surface area contributed by atoms with Crippen molar-refractivity contribution < 1.29 is 19.4 Å². The van der Waals surface area contributed by atoms with Gasteiger partial charge in [0.15, 0.2) is 6.29 Å². The van der Waals surface area contributed by atoms with Crippen LogP contribution in [0.3, 0.4) is 0 Å². The third-order valence-electron chi connectivity index (χ3n) is 1.59.